The number of pyridine rings is 1. The van der Waals surface area contributed by atoms with Crippen molar-refractivity contribution in [1.29, 1.82) is 0 Å². The van der Waals surface area contributed by atoms with Crippen LogP contribution < -0.4 is 16.0 Å². The predicted octanol–water partition coefficient (Wildman–Crippen LogP) is 0.0640. The van der Waals surface area contributed by atoms with Gasteiger partial charge in [-0.2, -0.15) is 0 Å². The number of carbonyl (C=O) groups is 2. The number of rotatable bonds is 6. The van der Waals surface area contributed by atoms with Crippen LogP contribution in [0, 0.1) is 0 Å². The number of hydrogen-bond donors (Lipinski definition) is 3. The highest BCUT2D eigenvalue weighted by Crippen LogP contribution is 2.19. The molecule has 3 N–H and O–H groups in total. The van der Waals surface area contributed by atoms with Crippen LogP contribution in [-0.4, -0.2) is 50.9 Å². The van der Waals surface area contributed by atoms with Gasteiger partial charge in [0.15, 0.2) is 0 Å². The van der Waals surface area contributed by atoms with Gasteiger partial charge in [0.2, 0.25) is 5.91 Å². The Balaban J connectivity index is 0.00000243. The highest BCUT2D eigenvalue weighted by Gasteiger charge is 2.30. The lowest BCUT2D eigenvalue weighted by molar-refractivity contribution is -0.122. The van der Waals surface area contributed by atoms with E-state index in [-0.39, 0.29) is 42.8 Å². The van der Waals surface area contributed by atoms with Crippen molar-refractivity contribution in [3.8, 4) is 0 Å². The van der Waals surface area contributed by atoms with Crippen LogP contribution in [0.3, 0.4) is 0 Å². The van der Waals surface area contributed by atoms with Gasteiger partial charge < -0.3 is 16.0 Å². The summed E-state index contributed by atoms with van der Waals surface area (Å²) in [5.41, 5.74) is 1.17. The molecule has 0 aromatic carbocycles. The van der Waals surface area contributed by atoms with Gasteiger partial charge in [-0.3, -0.25) is 14.6 Å². The Morgan fingerprint density at radius 1 is 1.38 bits per heavy atom. The Kier molecular flexibility index (Phi) is 7.05. The van der Waals surface area contributed by atoms with Crippen LogP contribution in [0.1, 0.15) is 35.4 Å². The second kappa shape index (κ2) is 9.25. The first-order valence-corrected chi connectivity index (χ1v) is 8.27. The Bertz CT molecular complexity index is 737. The van der Waals surface area contributed by atoms with Crippen LogP contribution in [0.5, 0.6) is 0 Å². The number of carbonyl (C=O) groups excluding carboxylic acids is 2. The number of amides is 2. The maximum Gasteiger partial charge on any atom is 0.253 e. The van der Waals surface area contributed by atoms with Crippen LogP contribution in [0.25, 0.3) is 0 Å². The van der Waals surface area contributed by atoms with Crippen molar-refractivity contribution in [1.82, 2.24) is 35.9 Å². The van der Waals surface area contributed by atoms with Crippen molar-refractivity contribution in [2.45, 2.75) is 32.0 Å². The molecule has 0 radical (unpaired) electrons. The van der Waals surface area contributed by atoms with Crippen molar-refractivity contribution in [2.75, 3.05) is 13.1 Å². The lowest BCUT2D eigenvalue weighted by Crippen LogP contribution is -2.40. The number of aromatic nitrogens is 4. The van der Waals surface area contributed by atoms with E-state index < -0.39 is 0 Å². The molecule has 0 unspecified atom stereocenters. The van der Waals surface area contributed by atoms with E-state index in [1.54, 1.807) is 29.2 Å². The van der Waals surface area contributed by atoms with Crippen molar-refractivity contribution < 1.29 is 9.59 Å². The summed E-state index contributed by atoms with van der Waals surface area (Å²) >= 11 is 0. The van der Waals surface area contributed by atoms with Gasteiger partial charge >= 0.3 is 0 Å². The van der Waals surface area contributed by atoms with Crippen molar-refractivity contribution in [3.05, 3.63) is 42.0 Å². The molecule has 0 bridgehead atoms. The fourth-order valence-corrected chi connectivity index (χ4v) is 2.76. The summed E-state index contributed by atoms with van der Waals surface area (Å²) in [6.07, 6.45) is 5.59. The largest absolute Gasteiger partial charge is 0.355 e. The first-order chi connectivity index (χ1) is 12.2. The monoisotopic (exact) mass is 379 g/mol. The van der Waals surface area contributed by atoms with Crippen molar-refractivity contribution in [3.63, 3.8) is 0 Å². The number of halogens is 1. The van der Waals surface area contributed by atoms with Crippen molar-refractivity contribution in [2.24, 2.45) is 0 Å². The average Bonchev–Trinajstić information content (AvgIpc) is 3.30. The Labute approximate surface area is 157 Å². The second-order valence-corrected chi connectivity index (χ2v) is 5.86. The lowest BCUT2D eigenvalue weighted by atomic mass is 10.1. The van der Waals surface area contributed by atoms with Crippen LogP contribution in [-0.2, 0) is 11.3 Å². The topological polar surface area (TPSA) is 114 Å². The SMILES string of the molecule is CCNC(=O)[C@@H]1C[C@H](n2cc(CNC(=O)c3cccnc3)nn2)CN1.Cl. The summed E-state index contributed by atoms with van der Waals surface area (Å²) in [6, 6.07) is 3.28. The van der Waals surface area contributed by atoms with Gasteiger partial charge in [0.1, 0.15) is 5.69 Å². The molecule has 1 aliphatic rings. The molecule has 3 rings (SSSR count). The molecule has 10 heteroatoms. The molecule has 2 amide bonds. The Morgan fingerprint density at radius 2 is 2.23 bits per heavy atom. The zero-order valence-electron chi connectivity index (χ0n) is 14.4. The molecule has 9 nitrogen and oxygen atoms in total. The van der Waals surface area contributed by atoms with Gasteiger partial charge in [0.05, 0.1) is 30.4 Å². The summed E-state index contributed by atoms with van der Waals surface area (Å²) in [4.78, 5) is 27.8. The van der Waals surface area contributed by atoms with E-state index >= 15 is 0 Å². The Morgan fingerprint density at radius 3 is 2.96 bits per heavy atom. The van der Waals surface area contributed by atoms with E-state index in [1.165, 1.54) is 6.20 Å². The molecule has 1 fully saturated rings. The van der Waals surface area contributed by atoms with Crippen LogP contribution in [0.15, 0.2) is 30.7 Å². The fraction of sp³-hybridized carbons (Fsp3) is 0.438. The van der Waals surface area contributed by atoms with E-state index in [9.17, 15) is 9.59 Å². The van der Waals surface area contributed by atoms with Gasteiger partial charge in [-0.1, -0.05) is 5.21 Å². The Hall–Kier alpha value is -2.52. The maximum atomic E-state index is 12.0. The molecule has 140 valence electrons. The van der Waals surface area contributed by atoms with Crippen molar-refractivity contribution >= 4 is 24.2 Å². The molecule has 1 saturated heterocycles. The van der Waals surface area contributed by atoms with Gasteiger partial charge in [0, 0.05) is 25.5 Å². The van der Waals surface area contributed by atoms with E-state index in [0.29, 0.717) is 30.8 Å². The zero-order valence-corrected chi connectivity index (χ0v) is 15.2. The molecule has 2 aromatic rings. The quantitative estimate of drug-likeness (QED) is 0.654. The van der Waals surface area contributed by atoms with Crippen LogP contribution in [0.4, 0.5) is 0 Å². The maximum absolute atomic E-state index is 12.0. The van der Waals surface area contributed by atoms with E-state index in [1.807, 2.05) is 6.92 Å². The van der Waals surface area contributed by atoms with Gasteiger partial charge in [-0.15, -0.1) is 17.5 Å². The third-order valence-electron chi connectivity index (χ3n) is 4.06. The minimum atomic E-state index is -0.207. The average molecular weight is 380 g/mol. The standard InChI is InChI=1S/C16H21N7O2.ClH/c1-2-18-16(25)14-6-13(9-19-14)23-10-12(21-22-23)8-20-15(24)11-4-3-5-17-7-11;/h3-5,7,10,13-14,19H,2,6,8-9H2,1H3,(H,18,25)(H,20,24);1H/t13-,14-;/m0./s1. The molecule has 0 aliphatic carbocycles. The summed E-state index contributed by atoms with van der Waals surface area (Å²) in [7, 11) is 0. The molecule has 26 heavy (non-hydrogen) atoms. The zero-order chi connectivity index (χ0) is 17.6. The smallest absolute Gasteiger partial charge is 0.253 e. The third-order valence-corrected chi connectivity index (χ3v) is 4.06. The minimum absolute atomic E-state index is 0. The second-order valence-electron chi connectivity index (χ2n) is 5.86. The highest BCUT2D eigenvalue weighted by molar-refractivity contribution is 5.93. The van der Waals surface area contributed by atoms with Gasteiger partial charge in [0.25, 0.3) is 5.91 Å². The normalized spacial score (nSPS) is 18.8. The highest BCUT2D eigenvalue weighted by atomic mass is 35.5. The summed E-state index contributed by atoms with van der Waals surface area (Å²) in [5, 5.41) is 17.0. The number of likely N-dealkylation sites (N-methyl/N-ethyl adjacent to an activating group) is 1. The first-order valence-electron chi connectivity index (χ1n) is 8.27. The van der Waals surface area contributed by atoms with Crippen LogP contribution >= 0.6 is 12.4 Å². The lowest BCUT2D eigenvalue weighted by Gasteiger charge is -2.10. The number of hydrogen-bond acceptors (Lipinski definition) is 6. The van der Waals surface area contributed by atoms with Gasteiger partial charge in [-0.25, -0.2) is 4.68 Å². The summed E-state index contributed by atoms with van der Waals surface area (Å²) in [5.74, 6) is -0.199. The van der Waals surface area contributed by atoms with E-state index in [0.717, 1.165) is 0 Å². The molecule has 2 atom stereocenters. The van der Waals surface area contributed by atoms with Gasteiger partial charge in [-0.05, 0) is 25.5 Å². The first kappa shape index (κ1) is 19.8. The molecule has 1 aliphatic heterocycles. The fourth-order valence-electron chi connectivity index (χ4n) is 2.76. The minimum Gasteiger partial charge on any atom is -0.355 e. The summed E-state index contributed by atoms with van der Waals surface area (Å²) < 4.78 is 1.75. The molecule has 0 saturated carbocycles. The molecular weight excluding hydrogens is 358 g/mol. The number of nitrogens with one attached hydrogen (secondary N) is 3. The molecule has 2 aromatic heterocycles. The molecular formula is C16H22ClN7O2. The third kappa shape index (κ3) is 4.77. The molecule has 0 spiro atoms. The van der Waals surface area contributed by atoms with E-state index in [4.69, 9.17) is 0 Å². The summed E-state index contributed by atoms with van der Waals surface area (Å²) in [6.45, 7) is 3.46. The van der Waals surface area contributed by atoms with E-state index in [2.05, 4.69) is 31.2 Å². The molecule has 3 heterocycles. The number of nitrogens with zero attached hydrogens (tertiary/aromatic N) is 4. The predicted molar refractivity (Wildman–Crippen MR) is 96.8 cm³/mol. The van der Waals surface area contributed by atoms with Crippen LogP contribution in [0.2, 0.25) is 0 Å².